The molecule has 1 rings (SSSR count). The molecule has 0 aliphatic heterocycles. The van der Waals surface area contributed by atoms with Gasteiger partial charge in [0.05, 0.1) is 0 Å². The van der Waals surface area contributed by atoms with Gasteiger partial charge >= 0.3 is 0 Å². The van der Waals surface area contributed by atoms with Crippen LogP contribution in [0.4, 0.5) is 0 Å². The van der Waals surface area contributed by atoms with Gasteiger partial charge in [-0.3, -0.25) is 4.79 Å². The maximum atomic E-state index is 10.1. The second-order valence-corrected chi connectivity index (χ2v) is 3.17. The highest BCUT2D eigenvalue weighted by molar-refractivity contribution is 14.1. The molecule has 1 aromatic carbocycles. The Kier molecular flexibility index (Phi) is 4.07. The second-order valence-electron chi connectivity index (χ2n) is 2.29. The Labute approximate surface area is 85.1 Å². The molecule has 0 fully saturated rings. The van der Waals surface area contributed by atoms with Crippen molar-refractivity contribution in [1.82, 2.24) is 0 Å². The molecule has 2 nitrogen and oxygen atoms in total. The van der Waals surface area contributed by atoms with Crippen molar-refractivity contribution in [1.29, 1.82) is 0 Å². The van der Waals surface area contributed by atoms with Gasteiger partial charge in [-0.05, 0) is 5.56 Å². The molecular weight excluding hydrogens is 267 g/mol. The minimum atomic E-state index is -0.107. The zero-order valence-electron chi connectivity index (χ0n) is 6.44. The average Bonchev–Trinajstić information content (AvgIpc) is 2.15. The van der Waals surface area contributed by atoms with Crippen molar-refractivity contribution in [3.63, 3.8) is 0 Å². The third kappa shape index (κ3) is 2.48. The summed E-state index contributed by atoms with van der Waals surface area (Å²) in [7, 11) is 0. The molecular formula is C9H9IO2. The molecule has 1 atom stereocenters. The van der Waals surface area contributed by atoms with Crippen LogP contribution in [0.1, 0.15) is 11.7 Å². The molecule has 0 amide bonds. The predicted octanol–water partition coefficient (Wildman–Crippen LogP) is 2.34. The molecule has 0 spiro atoms. The summed E-state index contributed by atoms with van der Waals surface area (Å²) in [6, 6.07) is 9.71. The van der Waals surface area contributed by atoms with E-state index in [-0.39, 0.29) is 6.10 Å². The second kappa shape index (κ2) is 5.13. The Morgan fingerprint density at radius 3 is 2.58 bits per heavy atom. The summed E-state index contributed by atoms with van der Waals surface area (Å²) < 4.78 is 5.67. The molecule has 0 aromatic heterocycles. The lowest BCUT2D eigenvalue weighted by molar-refractivity contribution is -0.132. The van der Waals surface area contributed by atoms with Gasteiger partial charge in [0.25, 0.3) is 6.47 Å². The molecule has 3 heteroatoms. The Hall–Kier alpha value is -0.580. The van der Waals surface area contributed by atoms with Crippen LogP contribution in [0.3, 0.4) is 0 Å². The normalized spacial score (nSPS) is 12.1. The van der Waals surface area contributed by atoms with Crippen LogP contribution < -0.4 is 0 Å². The zero-order chi connectivity index (χ0) is 8.81. The van der Waals surface area contributed by atoms with Crippen LogP contribution in [0.5, 0.6) is 0 Å². The zero-order valence-corrected chi connectivity index (χ0v) is 8.60. The molecule has 64 valence electrons. The van der Waals surface area contributed by atoms with Crippen LogP contribution in [0.2, 0.25) is 0 Å². The smallest absolute Gasteiger partial charge is 0.293 e. The van der Waals surface area contributed by atoms with Crippen LogP contribution in [0, 0.1) is 0 Å². The number of ether oxygens (including phenoxy) is 1. The van der Waals surface area contributed by atoms with Crippen molar-refractivity contribution in [2.75, 3.05) is 4.43 Å². The van der Waals surface area contributed by atoms with Crippen LogP contribution in [-0.4, -0.2) is 10.9 Å². The van der Waals surface area contributed by atoms with Crippen LogP contribution in [-0.2, 0) is 9.53 Å². The highest BCUT2D eigenvalue weighted by Gasteiger charge is 2.08. The lowest BCUT2D eigenvalue weighted by atomic mass is 10.1. The largest absolute Gasteiger partial charge is 0.459 e. The topological polar surface area (TPSA) is 26.3 Å². The van der Waals surface area contributed by atoms with Gasteiger partial charge in [-0.15, -0.1) is 0 Å². The van der Waals surface area contributed by atoms with E-state index in [1.165, 1.54) is 0 Å². The summed E-state index contributed by atoms with van der Waals surface area (Å²) >= 11 is 2.19. The maximum Gasteiger partial charge on any atom is 0.293 e. The first-order chi connectivity index (χ1) is 5.88. The summed E-state index contributed by atoms with van der Waals surface area (Å²) in [6.07, 6.45) is -0.107. The van der Waals surface area contributed by atoms with E-state index in [1.807, 2.05) is 30.3 Å². The number of hydrogen-bond donors (Lipinski definition) is 0. The van der Waals surface area contributed by atoms with Gasteiger partial charge in [-0.25, -0.2) is 0 Å². The van der Waals surface area contributed by atoms with Crippen molar-refractivity contribution < 1.29 is 9.53 Å². The van der Waals surface area contributed by atoms with Crippen molar-refractivity contribution in [3.8, 4) is 0 Å². The van der Waals surface area contributed by atoms with Gasteiger partial charge in [-0.2, -0.15) is 0 Å². The number of benzene rings is 1. The van der Waals surface area contributed by atoms with Gasteiger partial charge < -0.3 is 4.74 Å². The van der Waals surface area contributed by atoms with Crippen molar-refractivity contribution >= 4 is 29.1 Å². The number of alkyl halides is 1. The monoisotopic (exact) mass is 276 g/mol. The van der Waals surface area contributed by atoms with E-state index >= 15 is 0 Å². The Morgan fingerprint density at radius 2 is 2.08 bits per heavy atom. The minimum absolute atomic E-state index is 0.107. The van der Waals surface area contributed by atoms with Crippen molar-refractivity contribution in [2.45, 2.75) is 6.10 Å². The lowest BCUT2D eigenvalue weighted by Gasteiger charge is -2.11. The molecule has 1 unspecified atom stereocenters. The number of hydrogen-bond acceptors (Lipinski definition) is 2. The average molecular weight is 276 g/mol. The number of rotatable bonds is 4. The van der Waals surface area contributed by atoms with Gasteiger partial charge in [0.15, 0.2) is 0 Å². The third-order valence-corrected chi connectivity index (χ3v) is 2.33. The molecule has 0 radical (unpaired) electrons. The molecule has 12 heavy (non-hydrogen) atoms. The highest BCUT2D eigenvalue weighted by atomic mass is 127. The standard InChI is InChI=1S/C9H9IO2/c10-6-9(12-7-11)8-4-2-1-3-5-8/h1-5,7,9H,6H2. The van der Waals surface area contributed by atoms with E-state index in [1.54, 1.807) is 0 Å². The predicted molar refractivity (Wildman–Crippen MR) is 55.2 cm³/mol. The first-order valence-electron chi connectivity index (χ1n) is 3.58. The fraction of sp³-hybridized carbons (Fsp3) is 0.222. The molecule has 0 aliphatic rings. The molecule has 1 aromatic rings. The summed E-state index contributed by atoms with van der Waals surface area (Å²) in [5.74, 6) is 0. The molecule has 0 N–H and O–H groups in total. The molecule has 0 heterocycles. The fourth-order valence-corrected chi connectivity index (χ4v) is 1.65. The number of halogens is 1. The highest BCUT2D eigenvalue weighted by Crippen LogP contribution is 2.18. The summed E-state index contributed by atoms with van der Waals surface area (Å²) in [6.45, 7) is 0.496. The van der Waals surface area contributed by atoms with E-state index in [4.69, 9.17) is 4.74 Å². The quantitative estimate of drug-likeness (QED) is 0.479. The molecule has 0 saturated carbocycles. The van der Waals surface area contributed by atoms with Crippen LogP contribution in [0.25, 0.3) is 0 Å². The van der Waals surface area contributed by atoms with E-state index < -0.39 is 0 Å². The Balaban J connectivity index is 2.72. The Morgan fingerprint density at radius 1 is 1.42 bits per heavy atom. The number of carbonyl (C=O) groups excluding carboxylic acids is 1. The van der Waals surface area contributed by atoms with Gasteiger partial charge in [0, 0.05) is 4.43 Å². The SMILES string of the molecule is O=COC(CI)c1ccccc1. The van der Waals surface area contributed by atoms with Crippen molar-refractivity contribution in [3.05, 3.63) is 35.9 Å². The van der Waals surface area contributed by atoms with Crippen LogP contribution in [0.15, 0.2) is 30.3 Å². The fourth-order valence-electron chi connectivity index (χ4n) is 0.939. The van der Waals surface area contributed by atoms with Crippen molar-refractivity contribution in [2.24, 2.45) is 0 Å². The molecule has 0 bridgehead atoms. The van der Waals surface area contributed by atoms with E-state index in [2.05, 4.69) is 22.6 Å². The summed E-state index contributed by atoms with van der Waals surface area (Å²) in [4.78, 5) is 10.1. The van der Waals surface area contributed by atoms with Gasteiger partial charge in [0.1, 0.15) is 6.10 Å². The lowest BCUT2D eigenvalue weighted by Crippen LogP contribution is -2.03. The number of carbonyl (C=O) groups is 1. The Bertz CT molecular complexity index is 236. The third-order valence-electron chi connectivity index (χ3n) is 1.53. The van der Waals surface area contributed by atoms with Gasteiger partial charge in [0.2, 0.25) is 0 Å². The summed E-state index contributed by atoms with van der Waals surface area (Å²) in [5.41, 5.74) is 1.04. The van der Waals surface area contributed by atoms with Gasteiger partial charge in [-0.1, -0.05) is 52.9 Å². The molecule has 0 aliphatic carbocycles. The van der Waals surface area contributed by atoms with E-state index in [0.29, 0.717) is 6.47 Å². The molecule has 0 saturated heterocycles. The minimum Gasteiger partial charge on any atom is -0.459 e. The summed E-state index contributed by atoms with van der Waals surface area (Å²) in [5, 5.41) is 0. The maximum absolute atomic E-state index is 10.1. The first-order valence-corrected chi connectivity index (χ1v) is 5.11. The van der Waals surface area contributed by atoms with E-state index in [0.717, 1.165) is 9.99 Å². The first kappa shape index (κ1) is 9.51. The van der Waals surface area contributed by atoms with E-state index in [9.17, 15) is 4.79 Å². The van der Waals surface area contributed by atoms with Crippen LogP contribution >= 0.6 is 22.6 Å².